The molecule has 0 saturated heterocycles. The molecule has 1 fully saturated rings. The van der Waals surface area contributed by atoms with E-state index in [9.17, 15) is 0 Å². The van der Waals surface area contributed by atoms with Gasteiger partial charge in [0.2, 0.25) is 0 Å². The van der Waals surface area contributed by atoms with Gasteiger partial charge in [-0.1, -0.05) is 37.8 Å². The number of nitrogens with two attached hydrogens (primary N) is 1. The van der Waals surface area contributed by atoms with E-state index in [0.717, 1.165) is 24.6 Å². The van der Waals surface area contributed by atoms with Crippen LogP contribution in [-0.4, -0.2) is 12.5 Å². The first-order chi connectivity index (χ1) is 9.24. The molecule has 0 heterocycles. The van der Waals surface area contributed by atoms with Gasteiger partial charge in [-0.2, -0.15) is 0 Å². The van der Waals surface area contributed by atoms with E-state index in [0.29, 0.717) is 5.96 Å². The molecule has 0 atom stereocenters. The molecule has 1 aliphatic rings. The summed E-state index contributed by atoms with van der Waals surface area (Å²) in [4.78, 5) is 4.39. The van der Waals surface area contributed by atoms with Gasteiger partial charge in [0.1, 0.15) is 0 Å². The van der Waals surface area contributed by atoms with Crippen molar-refractivity contribution in [2.24, 2.45) is 16.6 Å². The van der Waals surface area contributed by atoms with Crippen LogP contribution in [0, 0.1) is 12.8 Å². The van der Waals surface area contributed by atoms with Gasteiger partial charge in [-0.25, -0.2) is 0 Å². The predicted molar refractivity (Wildman–Crippen MR) is 97.9 cm³/mol. The summed E-state index contributed by atoms with van der Waals surface area (Å²) in [6, 6.07) is 8.17. The van der Waals surface area contributed by atoms with E-state index < -0.39 is 0 Å². The second kappa shape index (κ2) is 9.21. The molecule has 0 radical (unpaired) electrons. The summed E-state index contributed by atoms with van der Waals surface area (Å²) in [5.41, 5.74) is 8.12. The van der Waals surface area contributed by atoms with Crippen LogP contribution in [0.4, 0.5) is 5.69 Å². The standard InChI is InChI=1S/C16H25N3.HI/c1-13-6-4-10-15(12-13)19-16(17)18-11-5-9-14-7-2-3-8-14;/h4,6,10,12,14H,2-3,5,7-9,11H2,1H3,(H3,17,18,19);1H. The summed E-state index contributed by atoms with van der Waals surface area (Å²) in [5, 5.41) is 3.14. The highest BCUT2D eigenvalue weighted by Gasteiger charge is 2.13. The van der Waals surface area contributed by atoms with Gasteiger partial charge in [0.15, 0.2) is 5.96 Å². The molecule has 1 aliphatic carbocycles. The van der Waals surface area contributed by atoms with Crippen LogP contribution in [-0.2, 0) is 0 Å². The number of nitrogens with one attached hydrogen (secondary N) is 1. The maximum absolute atomic E-state index is 5.89. The van der Waals surface area contributed by atoms with Gasteiger partial charge in [0.25, 0.3) is 0 Å². The number of anilines is 1. The minimum absolute atomic E-state index is 0. The number of aryl methyl sites for hydroxylation is 1. The molecule has 1 aromatic carbocycles. The molecule has 1 aromatic rings. The molecule has 112 valence electrons. The topological polar surface area (TPSA) is 50.4 Å². The largest absolute Gasteiger partial charge is 0.370 e. The number of nitrogens with zero attached hydrogens (tertiary/aromatic N) is 1. The highest BCUT2D eigenvalue weighted by atomic mass is 127. The first-order valence-electron chi connectivity index (χ1n) is 7.37. The first-order valence-corrected chi connectivity index (χ1v) is 7.37. The third-order valence-electron chi connectivity index (χ3n) is 3.82. The maximum Gasteiger partial charge on any atom is 0.193 e. The van der Waals surface area contributed by atoms with E-state index in [1.807, 2.05) is 12.1 Å². The van der Waals surface area contributed by atoms with Gasteiger partial charge >= 0.3 is 0 Å². The van der Waals surface area contributed by atoms with E-state index in [4.69, 9.17) is 5.73 Å². The van der Waals surface area contributed by atoms with Crippen LogP contribution in [0.2, 0.25) is 0 Å². The van der Waals surface area contributed by atoms with Crippen LogP contribution in [0.15, 0.2) is 29.3 Å². The van der Waals surface area contributed by atoms with E-state index in [1.165, 1.54) is 37.7 Å². The lowest BCUT2D eigenvalue weighted by atomic mass is 10.0. The minimum Gasteiger partial charge on any atom is -0.370 e. The first kappa shape index (κ1) is 17.3. The Labute approximate surface area is 139 Å². The predicted octanol–water partition coefficient (Wildman–Crippen LogP) is 4.31. The van der Waals surface area contributed by atoms with Crippen molar-refractivity contribution < 1.29 is 0 Å². The Morgan fingerprint density at radius 1 is 1.35 bits per heavy atom. The lowest BCUT2D eigenvalue weighted by Crippen LogP contribution is -2.22. The monoisotopic (exact) mass is 387 g/mol. The molecule has 0 spiro atoms. The van der Waals surface area contributed by atoms with E-state index in [-0.39, 0.29) is 24.0 Å². The van der Waals surface area contributed by atoms with Crippen molar-refractivity contribution in [3.05, 3.63) is 29.8 Å². The minimum atomic E-state index is 0. The molecule has 0 bridgehead atoms. The Balaban J connectivity index is 0.00000200. The van der Waals surface area contributed by atoms with E-state index >= 15 is 0 Å². The average Bonchev–Trinajstić information content (AvgIpc) is 2.88. The van der Waals surface area contributed by atoms with Crippen molar-refractivity contribution in [3.8, 4) is 0 Å². The molecule has 20 heavy (non-hydrogen) atoms. The van der Waals surface area contributed by atoms with Crippen LogP contribution in [0.25, 0.3) is 0 Å². The van der Waals surface area contributed by atoms with Crippen molar-refractivity contribution in [2.75, 3.05) is 11.9 Å². The lowest BCUT2D eigenvalue weighted by Gasteiger charge is -2.08. The van der Waals surface area contributed by atoms with Gasteiger partial charge in [0.05, 0.1) is 0 Å². The van der Waals surface area contributed by atoms with Gasteiger partial charge in [-0.3, -0.25) is 4.99 Å². The molecule has 0 unspecified atom stereocenters. The Morgan fingerprint density at radius 2 is 2.10 bits per heavy atom. The molecule has 1 saturated carbocycles. The molecule has 2 rings (SSSR count). The van der Waals surface area contributed by atoms with Crippen LogP contribution in [0.3, 0.4) is 0 Å². The third-order valence-corrected chi connectivity index (χ3v) is 3.82. The smallest absolute Gasteiger partial charge is 0.193 e. The number of hydrogen-bond acceptors (Lipinski definition) is 1. The summed E-state index contributed by atoms with van der Waals surface area (Å²) in [5.74, 6) is 1.47. The number of rotatable bonds is 5. The van der Waals surface area contributed by atoms with Crippen molar-refractivity contribution in [1.29, 1.82) is 0 Å². The number of benzene rings is 1. The summed E-state index contributed by atoms with van der Waals surface area (Å²) < 4.78 is 0. The Kier molecular flexibility index (Phi) is 7.95. The number of aliphatic imine (C=N–C) groups is 1. The van der Waals surface area contributed by atoms with E-state index in [1.54, 1.807) is 0 Å². The number of hydrogen-bond donors (Lipinski definition) is 2. The fourth-order valence-corrected chi connectivity index (χ4v) is 2.79. The molecule has 0 aromatic heterocycles. The van der Waals surface area contributed by atoms with Crippen LogP contribution in [0.1, 0.15) is 44.1 Å². The molecule has 0 aliphatic heterocycles. The van der Waals surface area contributed by atoms with Crippen molar-refractivity contribution in [1.82, 2.24) is 0 Å². The molecular formula is C16H26IN3. The zero-order valence-corrected chi connectivity index (χ0v) is 14.6. The number of halogens is 1. The summed E-state index contributed by atoms with van der Waals surface area (Å²) in [7, 11) is 0. The van der Waals surface area contributed by atoms with Crippen LogP contribution < -0.4 is 11.1 Å². The fraction of sp³-hybridized carbons (Fsp3) is 0.562. The van der Waals surface area contributed by atoms with Crippen molar-refractivity contribution in [3.63, 3.8) is 0 Å². The SMILES string of the molecule is Cc1cccc(NC(N)=NCCCC2CCCC2)c1.I. The third kappa shape index (κ3) is 6.11. The average molecular weight is 387 g/mol. The normalized spacial score (nSPS) is 15.9. The summed E-state index contributed by atoms with van der Waals surface area (Å²) in [6.07, 6.45) is 8.14. The highest BCUT2D eigenvalue weighted by molar-refractivity contribution is 14.0. The van der Waals surface area contributed by atoms with Crippen LogP contribution in [0.5, 0.6) is 0 Å². The maximum atomic E-state index is 5.89. The molecular weight excluding hydrogens is 361 g/mol. The Hall–Kier alpha value is -0.780. The Bertz CT molecular complexity index is 425. The van der Waals surface area contributed by atoms with Crippen molar-refractivity contribution in [2.45, 2.75) is 45.4 Å². The zero-order chi connectivity index (χ0) is 13.5. The molecule has 3 nitrogen and oxygen atoms in total. The van der Waals surface area contributed by atoms with E-state index in [2.05, 4.69) is 29.4 Å². The quantitative estimate of drug-likeness (QED) is 0.342. The summed E-state index contributed by atoms with van der Waals surface area (Å²) in [6.45, 7) is 2.90. The van der Waals surface area contributed by atoms with Gasteiger partial charge < -0.3 is 11.1 Å². The molecule has 0 amide bonds. The fourth-order valence-electron chi connectivity index (χ4n) is 2.79. The lowest BCUT2D eigenvalue weighted by molar-refractivity contribution is 0.488. The molecule has 3 N–H and O–H groups in total. The zero-order valence-electron chi connectivity index (χ0n) is 12.3. The Morgan fingerprint density at radius 3 is 2.80 bits per heavy atom. The number of guanidine groups is 1. The van der Waals surface area contributed by atoms with Crippen molar-refractivity contribution >= 4 is 35.6 Å². The summed E-state index contributed by atoms with van der Waals surface area (Å²) >= 11 is 0. The highest BCUT2D eigenvalue weighted by Crippen LogP contribution is 2.28. The second-order valence-corrected chi connectivity index (χ2v) is 5.55. The second-order valence-electron chi connectivity index (χ2n) is 5.55. The van der Waals surface area contributed by atoms with Gasteiger partial charge in [0, 0.05) is 12.2 Å². The molecule has 4 heteroatoms. The van der Waals surface area contributed by atoms with Gasteiger partial charge in [-0.15, -0.1) is 24.0 Å². The van der Waals surface area contributed by atoms with Gasteiger partial charge in [-0.05, 0) is 43.4 Å². The van der Waals surface area contributed by atoms with Crippen LogP contribution >= 0.6 is 24.0 Å².